The van der Waals surface area contributed by atoms with E-state index in [1.54, 1.807) is 35.6 Å². The number of likely N-dealkylation sites (tertiary alicyclic amines) is 1. The van der Waals surface area contributed by atoms with Gasteiger partial charge in [-0.05, 0) is 61.7 Å². The van der Waals surface area contributed by atoms with Gasteiger partial charge in [-0.25, -0.2) is 9.97 Å². The van der Waals surface area contributed by atoms with E-state index in [1.807, 2.05) is 35.6 Å². The third-order valence-electron chi connectivity index (χ3n) is 5.00. The van der Waals surface area contributed by atoms with E-state index in [1.165, 1.54) is 11.8 Å². The molecule has 3 aromatic rings. The number of thiophene rings is 1. The van der Waals surface area contributed by atoms with Gasteiger partial charge in [-0.2, -0.15) is 0 Å². The van der Waals surface area contributed by atoms with Crippen LogP contribution in [0.2, 0.25) is 0 Å². The molecule has 8 heteroatoms. The van der Waals surface area contributed by atoms with E-state index in [0.29, 0.717) is 33.4 Å². The highest BCUT2D eigenvalue weighted by molar-refractivity contribution is 7.98. The third kappa shape index (κ3) is 4.24. The normalized spacial score (nSPS) is 13.5. The minimum Gasteiger partial charge on any atom is -0.339 e. The Balaban J connectivity index is 1.53. The van der Waals surface area contributed by atoms with Gasteiger partial charge in [-0.15, -0.1) is 23.1 Å². The van der Waals surface area contributed by atoms with Gasteiger partial charge >= 0.3 is 0 Å². The average Bonchev–Trinajstić information content (AvgIpc) is 3.47. The summed E-state index contributed by atoms with van der Waals surface area (Å²) in [6, 6.07) is 11.0. The van der Waals surface area contributed by atoms with E-state index in [-0.39, 0.29) is 11.8 Å². The van der Waals surface area contributed by atoms with Crippen molar-refractivity contribution in [2.24, 2.45) is 0 Å². The van der Waals surface area contributed by atoms with Crippen LogP contribution in [0.15, 0.2) is 46.8 Å². The number of anilines is 1. The zero-order valence-corrected chi connectivity index (χ0v) is 18.5. The van der Waals surface area contributed by atoms with Crippen LogP contribution in [0.3, 0.4) is 0 Å². The fourth-order valence-corrected chi connectivity index (χ4v) is 4.74. The number of aryl methyl sites for hydroxylation is 1. The minimum atomic E-state index is -0.256. The summed E-state index contributed by atoms with van der Waals surface area (Å²) >= 11 is 2.99. The summed E-state index contributed by atoms with van der Waals surface area (Å²) in [4.78, 5) is 37.4. The molecule has 2 aromatic heterocycles. The first-order valence-corrected chi connectivity index (χ1v) is 11.8. The van der Waals surface area contributed by atoms with Gasteiger partial charge in [0.2, 0.25) is 0 Å². The predicted molar refractivity (Wildman–Crippen MR) is 121 cm³/mol. The maximum atomic E-state index is 13.0. The van der Waals surface area contributed by atoms with Crippen molar-refractivity contribution in [3.8, 4) is 10.7 Å². The van der Waals surface area contributed by atoms with E-state index in [2.05, 4.69) is 15.3 Å². The van der Waals surface area contributed by atoms with Gasteiger partial charge < -0.3 is 10.2 Å². The molecule has 0 atom stereocenters. The lowest BCUT2D eigenvalue weighted by molar-refractivity contribution is 0.0792. The summed E-state index contributed by atoms with van der Waals surface area (Å²) in [7, 11) is 0. The quantitative estimate of drug-likeness (QED) is 0.461. The van der Waals surface area contributed by atoms with Gasteiger partial charge in [-0.3, -0.25) is 9.59 Å². The van der Waals surface area contributed by atoms with Crippen molar-refractivity contribution >= 4 is 40.6 Å². The molecule has 0 unspecified atom stereocenters. The zero-order chi connectivity index (χ0) is 21.1. The Morgan fingerprint density at radius 1 is 1.10 bits per heavy atom. The summed E-state index contributed by atoms with van der Waals surface area (Å²) < 4.78 is 0. The Labute approximate surface area is 183 Å². The van der Waals surface area contributed by atoms with Crippen LogP contribution >= 0.6 is 23.1 Å². The number of amides is 2. The number of aromatic nitrogens is 2. The molecule has 6 nitrogen and oxygen atoms in total. The van der Waals surface area contributed by atoms with Crippen LogP contribution in [-0.4, -0.2) is 46.0 Å². The standard InChI is InChI=1S/C22H22N4O2S2/c1-14-18(21(29-2)25-19(23-14)17-6-5-13-30-17)20(27)24-16-9-7-15(8-10-16)22(28)26-11-3-4-12-26/h5-10,13H,3-4,11-12H2,1-2H3,(H,24,27). The number of hydrogen-bond donors (Lipinski definition) is 1. The second-order valence-electron chi connectivity index (χ2n) is 7.02. The zero-order valence-electron chi connectivity index (χ0n) is 16.8. The van der Waals surface area contributed by atoms with E-state index in [9.17, 15) is 9.59 Å². The molecular weight excluding hydrogens is 416 g/mol. The van der Waals surface area contributed by atoms with Gasteiger partial charge in [0.25, 0.3) is 11.8 Å². The highest BCUT2D eigenvalue weighted by Gasteiger charge is 2.21. The maximum Gasteiger partial charge on any atom is 0.260 e. The Morgan fingerprint density at radius 3 is 2.47 bits per heavy atom. The van der Waals surface area contributed by atoms with Crippen molar-refractivity contribution in [1.29, 1.82) is 0 Å². The second kappa shape index (κ2) is 8.97. The minimum absolute atomic E-state index is 0.0449. The van der Waals surface area contributed by atoms with Crippen LogP contribution in [0.5, 0.6) is 0 Å². The Bertz CT molecular complexity index is 1060. The predicted octanol–water partition coefficient (Wildman–Crippen LogP) is 4.72. The Kier molecular flexibility index (Phi) is 6.15. The fraction of sp³-hybridized carbons (Fsp3) is 0.273. The van der Waals surface area contributed by atoms with Gasteiger partial charge in [0, 0.05) is 24.3 Å². The van der Waals surface area contributed by atoms with Crippen molar-refractivity contribution in [2.45, 2.75) is 24.8 Å². The molecule has 1 N–H and O–H groups in total. The molecule has 30 heavy (non-hydrogen) atoms. The first-order chi connectivity index (χ1) is 14.6. The number of thioether (sulfide) groups is 1. The van der Waals surface area contributed by atoms with Crippen LogP contribution in [0.1, 0.15) is 39.3 Å². The second-order valence-corrected chi connectivity index (χ2v) is 8.77. The van der Waals surface area contributed by atoms with Crippen molar-refractivity contribution in [3.63, 3.8) is 0 Å². The summed E-state index contributed by atoms with van der Waals surface area (Å²) in [5.41, 5.74) is 2.38. The highest BCUT2D eigenvalue weighted by Crippen LogP contribution is 2.28. The molecule has 0 saturated carbocycles. The lowest BCUT2D eigenvalue weighted by Gasteiger charge is -2.15. The van der Waals surface area contributed by atoms with Crippen LogP contribution in [-0.2, 0) is 0 Å². The highest BCUT2D eigenvalue weighted by atomic mass is 32.2. The van der Waals surface area contributed by atoms with E-state index in [4.69, 9.17) is 0 Å². The maximum absolute atomic E-state index is 13.0. The molecule has 1 aliphatic heterocycles. The summed E-state index contributed by atoms with van der Waals surface area (Å²) in [6.07, 6.45) is 4.02. The molecule has 3 heterocycles. The van der Waals surface area contributed by atoms with E-state index in [0.717, 1.165) is 30.8 Å². The van der Waals surface area contributed by atoms with Crippen molar-refractivity contribution in [2.75, 3.05) is 24.7 Å². The monoisotopic (exact) mass is 438 g/mol. The Hall–Kier alpha value is -2.71. The van der Waals surface area contributed by atoms with Gasteiger partial charge in [0.05, 0.1) is 16.1 Å². The molecule has 0 spiro atoms. The van der Waals surface area contributed by atoms with Crippen molar-refractivity contribution in [3.05, 3.63) is 58.6 Å². The number of carbonyl (C=O) groups is 2. The number of benzene rings is 1. The molecule has 0 aliphatic carbocycles. The summed E-state index contributed by atoms with van der Waals surface area (Å²) in [5, 5.41) is 5.53. The number of carbonyl (C=O) groups excluding carboxylic acids is 2. The van der Waals surface area contributed by atoms with Crippen LogP contribution in [0.25, 0.3) is 10.7 Å². The third-order valence-corrected chi connectivity index (χ3v) is 6.55. The van der Waals surface area contributed by atoms with Crippen LogP contribution in [0, 0.1) is 6.92 Å². The lowest BCUT2D eigenvalue weighted by Crippen LogP contribution is -2.27. The van der Waals surface area contributed by atoms with Crippen LogP contribution < -0.4 is 5.32 Å². The Morgan fingerprint density at radius 2 is 1.83 bits per heavy atom. The lowest BCUT2D eigenvalue weighted by atomic mass is 10.1. The topological polar surface area (TPSA) is 75.2 Å². The first-order valence-electron chi connectivity index (χ1n) is 9.74. The fourth-order valence-electron chi connectivity index (χ4n) is 3.46. The average molecular weight is 439 g/mol. The molecule has 2 amide bonds. The smallest absolute Gasteiger partial charge is 0.260 e. The molecular formula is C22H22N4O2S2. The van der Waals surface area contributed by atoms with Crippen LogP contribution in [0.4, 0.5) is 5.69 Å². The molecule has 4 rings (SSSR count). The van der Waals surface area contributed by atoms with Crippen molar-refractivity contribution < 1.29 is 9.59 Å². The molecule has 0 bridgehead atoms. The van der Waals surface area contributed by atoms with Gasteiger partial charge in [0.1, 0.15) is 5.03 Å². The van der Waals surface area contributed by atoms with Crippen molar-refractivity contribution in [1.82, 2.24) is 14.9 Å². The number of nitrogens with zero attached hydrogens (tertiary/aromatic N) is 3. The van der Waals surface area contributed by atoms with E-state index >= 15 is 0 Å². The molecule has 1 saturated heterocycles. The van der Waals surface area contributed by atoms with Gasteiger partial charge in [0.15, 0.2) is 5.82 Å². The number of hydrogen-bond acceptors (Lipinski definition) is 6. The van der Waals surface area contributed by atoms with Gasteiger partial charge in [-0.1, -0.05) is 6.07 Å². The summed E-state index contributed by atoms with van der Waals surface area (Å²) in [5.74, 6) is 0.421. The largest absolute Gasteiger partial charge is 0.339 e. The molecule has 1 aliphatic rings. The molecule has 0 radical (unpaired) electrons. The number of rotatable bonds is 5. The SMILES string of the molecule is CSc1nc(-c2cccs2)nc(C)c1C(=O)Nc1ccc(C(=O)N2CCCC2)cc1. The molecule has 1 fully saturated rings. The van der Waals surface area contributed by atoms with E-state index < -0.39 is 0 Å². The number of nitrogens with one attached hydrogen (secondary N) is 1. The first kappa shape index (κ1) is 20.6. The summed E-state index contributed by atoms with van der Waals surface area (Å²) in [6.45, 7) is 3.45. The molecule has 154 valence electrons. The molecule has 1 aromatic carbocycles.